The van der Waals surface area contributed by atoms with Crippen LogP contribution >= 0.6 is 0 Å². The molecule has 2 atom stereocenters. The lowest BCUT2D eigenvalue weighted by Crippen LogP contribution is -2.25. The molecule has 1 aliphatic heterocycles. The molecule has 0 bridgehead atoms. The van der Waals surface area contributed by atoms with Gasteiger partial charge in [-0.1, -0.05) is 6.07 Å². The Labute approximate surface area is 135 Å². The maximum absolute atomic E-state index is 14.0. The number of likely N-dealkylation sites (tertiary alicyclic amines) is 1. The van der Waals surface area contributed by atoms with Crippen molar-refractivity contribution in [2.75, 3.05) is 20.3 Å². The van der Waals surface area contributed by atoms with Gasteiger partial charge in [0.15, 0.2) is 11.6 Å². The second-order valence-electron chi connectivity index (χ2n) is 5.71. The van der Waals surface area contributed by atoms with Gasteiger partial charge in [0, 0.05) is 32.6 Å². The Bertz CT molecular complexity index is 633. The first kappa shape index (κ1) is 16.0. The molecule has 1 fully saturated rings. The summed E-state index contributed by atoms with van der Waals surface area (Å²) >= 11 is 0. The first-order valence-electron chi connectivity index (χ1n) is 7.88. The minimum atomic E-state index is -0.318. The maximum Gasteiger partial charge on any atom is 0.165 e. The van der Waals surface area contributed by atoms with Gasteiger partial charge in [-0.2, -0.15) is 0 Å². The number of nitrogens with zero attached hydrogens (tertiary/aromatic N) is 2. The average molecular weight is 319 g/mol. The Hall–Kier alpha value is -1.92. The van der Waals surface area contributed by atoms with Crippen LogP contribution in [-0.2, 0) is 11.3 Å². The summed E-state index contributed by atoms with van der Waals surface area (Å²) in [6, 6.07) is 5.31. The predicted octanol–water partition coefficient (Wildman–Crippen LogP) is 2.91. The molecule has 23 heavy (non-hydrogen) atoms. The molecule has 0 saturated carbocycles. The smallest absolute Gasteiger partial charge is 0.165 e. The van der Waals surface area contributed by atoms with Crippen molar-refractivity contribution < 1.29 is 13.9 Å². The Morgan fingerprint density at radius 1 is 1.43 bits per heavy atom. The number of halogens is 1. The molecular weight excluding hydrogens is 297 g/mol. The number of methoxy groups -OCH3 is 1. The van der Waals surface area contributed by atoms with E-state index in [2.05, 4.69) is 14.9 Å². The van der Waals surface area contributed by atoms with Crippen LogP contribution in [0.2, 0.25) is 0 Å². The summed E-state index contributed by atoms with van der Waals surface area (Å²) in [6.07, 6.45) is 4.62. The highest BCUT2D eigenvalue weighted by Gasteiger charge is 2.34. The highest BCUT2D eigenvalue weighted by Crippen LogP contribution is 2.33. The molecule has 3 rings (SSSR count). The Balaban J connectivity index is 1.76. The molecule has 1 N–H and O–H groups in total. The van der Waals surface area contributed by atoms with Gasteiger partial charge in [-0.05, 0) is 31.0 Å². The van der Waals surface area contributed by atoms with Gasteiger partial charge in [0.2, 0.25) is 0 Å². The van der Waals surface area contributed by atoms with E-state index in [1.165, 1.54) is 0 Å². The fourth-order valence-electron chi connectivity index (χ4n) is 3.10. The van der Waals surface area contributed by atoms with Crippen molar-refractivity contribution in [3.8, 4) is 5.75 Å². The van der Waals surface area contributed by atoms with Crippen molar-refractivity contribution in [2.45, 2.75) is 32.0 Å². The number of nitrogens with one attached hydrogen (secondary N) is 1. The van der Waals surface area contributed by atoms with Gasteiger partial charge in [0.25, 0.3) is 0 Å². The zero-order valence-electron chi connectivity index (χ0n) is 13.5. The minimum Gasteiger partial charge on any atom is -0.491 e. The third-order valence-corrected chi connectivity index (χ3v) is 4.22. The largest absolute Gasteiger partial charge is 0.491 e. The SMILES string of the molecule is CCOc1ccc(CN2C[C@H](OC)CC2c2ncc[nH]2)cc1F. The van der Waals surface area contributed by atoms with Crippen molar-refractivity contribution in [1.29, 1.82) is 0 Å². The molecule has 0 radical (unpaired) electrons. The zero-order valence-corrected chi connectivity index (χ0v) is 13.5. The third-order valence-electron chi connectivity index (χ3n) is 4.22. The van der Waals surface area contributed by atoms with E-state index in [0.717, 1.165) is 24.4 Å². The zero-order chi connectivity index (χ0) is 16.2. The topological polar surface area (TPSA) is 50.4 Å². The fourth-order valence-corrected chi connectivity index (χ4v) is 3.10. The Morgan fingerprint density at radius 3 is 2.96 bits per heavy atom. The summed E-state index contributed by atoms with van der Waals surface area (Å²) in [5, 5.41) is 0. The van der Waals surface area contributed by atoms with E-state index in [-0.39, 0.29) is 18.0 Å². The molecule has 2 heterocycles. The normalized spacial score (nSPS) is 21.7. The summed E-state index contributed by atoms with van der Waals surface area (Å²) in [5.41, 5.74) is 0.916. The lowest BCUT2D eigenvalue weighted by molar-refractivity contribution is 0.107. The van der Waals surface area contributed by atoms with Gasteiger partial charge in [-0.3, -0.25) is 4.90 Å². The van der Waals surface area contributed by atoms with Crippen molar-refractivity contribution >= 4 is 0 Å². The van der Waals surface area contributed by atoms with Gasteiger partial charge in [0.05, 0.1) is 18.8 Å². The van der Waals surface area contributed by atoms with E-state index < -0.39 is 0 Å². The van der Waals surface area contributed by atoms with Gasteiger partial charge in [-0.25, -0.2) is 9.37 Å². The molecule has 1 aromatic carbocycles. The molecule has 2 aromatic rings. The molecule has 1 aromatic heterocycles. The second kappa shape index (κ2) is 7.10. The van der Waals surface area contributed by atoms with Crippen LogP contribution in [0.5, 0.6) is 5.75 Å². The molecule has 5 nitrogen and oxygen atoms in total. The number of aromatic amines is 1. The number of ether oxygens (including phenoxy) is 2. The third kappa shape index (κ3) is 3.54. The summed E-state index contributed by atoms with van der Waals surface area (Å²) in [5.74, 6) is 0.910. The number of aromatic nitrogens is 2. The molecule has 1 aliphatic rings. The van der Waals surface area contributed by atoms with Crippen molar-refractivity contribution in [1.82, 2.24) is 14.9 Å². The van der Waals surface area contributed by atoms with Crippen LogP contribution in [0, 0.1) is 5.82 Å². The van der Waals surface area contributed by atoms with Crippen molar-refractivity contribution in [3.05, 3.63) is 47.8 Å². The summed E-state index contributed by atoms with van der Waals surface area (Å²) < 4.78 is 24.8. The molecule has 124 valence electrons. The van der Waals surface area contributed by atoms with E-state index in [4.69, 9.17) is 9.47 Å². The van der Waals surface area contributed by atoms with Crippen LogP contribution in [0.1, 0.15) is 30.8 Å². The number of rotatable bonds is 6. The number of hydrogen-bond acceptors (Lipinski definition) is 4. The van der Waals surface area contributed by atoms with Crippen molar-refractivity contribution in [2.24, 2.45) is 0 Å². The van der Waals surface area contributed by atoms with Gasteiger partial charge in [-0.15, -0.1) is 0 Å². The van der Waals surface area contributed by atoms with Gasteiger partial charge < -0.3 is 14.5 Å². The Kier molecular flexibility index (Phi) is 4.93. The van der Waals surface area contributed by atoms with E-state index in [0.29, 0.717) is 18.9 Å². The van der Waals surface area contributed by atoms with Crippen LogP contribution in [0.4, 0.5) is 4.39 Å². The first-order chi connectivity index (χ1) is 11.2. The highest BCUT2D eigenvalue weighted by molar-refractivity contribution is 5.29. The quantitative estimate of drug-likeness (QED) is 0.889. The summed E-state index contributed by atoms with van der Waals surface area (Å²) in [4.78, 5) is 9.81. The molecule has 1 unspecified atom stereocenters. The fraction of sp³-hybridized carbons (Fsp3) is 0.471. The molecule has 6 heteroatoms. The molecule has 1 saturated heterocycles. The average Bonchev–Trinajstić information content (AvgIpc) is 3.19. The Morgan fingerprint density at radius 2 is 2.30 bits per heavy atom. The standard InChI is InChI=1S/C17H22FN3O2/c1-3-23-16-5-4-12(8-14(16)18)10-21-11-13(22-2)9-15(21)17-19-6-7-20-17/h4-8,13,15H,3,9-11H2,1-2H3,(H,19,20)/t13-,15?/m1/s1. The van der Waals surface area contributed by atoms with Gasteiger partial charge in [0.1, 0.15) is 5.82 Å². The number of benzene rings is 1. The lowest BCUT2D eigenvalue weighted by atomic mass is 10.1. The van der Waals surface area contributed by atoms with Crippen LogP contribution in [-0.4, -0.2) is 41.2 Å². The van der Waals surface area contributed by atoms with E-state index in [1.807, 2.05) is 19.2 Å². The number of imidazole rings is 1. The highest BCUT2D eigenvalue weighted by atomic mass is 19.1. The van der Waals surface area contributed by atoms with E-state index in [9.17, 15) is 4.39 Å². The number of H-pyrrole nitrogens is 1. The van der Waals surface area contributed by atoms with Crippen LogP contribution in [0.25, 0.3) is 0 Å². The van der Waals surface area contributed by atoms with Crippen LogP contribution in [0.3, 0.4) is 0 Å². The summed E-state index contributed by atoms with van der Waals surface area (Å²) in [6.45, 7) is 3.75. The molecule has 0 aliphatic carbocycles. The maximum atomic E-state index is 14.0. The first-order valence-corrected chi connectivity index (χ1v) is 7.88. The monoisotopic (exact) mass is 319 g/mol. The number of hydrogen-bond donors (Lipinski definition) is 1. The van der Waals surface area contributed by atoms with E-state index >= 15 is 0 Å². The van der Waals surface area contributed by atoms with Crippen LogP contribution in [0.15, 0.2) is 30.6 Å². The molecule has 0 spiro atoms. The molecule has 0 amide bonds. The lowest BCUT2D eigenvalue weighted by Gasteiger charge is -2.22. The molecular formula is C17H22FN3O2. The predicted molar refractivity (Wildman–Crippen MR) is 84.7 cm³/mol. The second-order valence-corrected chi connectivity index (χ2v) is 5.71. The van der Waals surface area contributed by atoms with Crippen molar-refractivity contribution in [3.63, 3.8) is 0 Å². The van der Waals surface area contributed by atoms with E-state index in [1.54, 1.807) is 25.4 Å². The van der Waals surface area contributed by atoms with Gasteiger partial charge >= 0.3 is 0 Å². The van der Waals surface area contributed by atoms with Crippen LogP contribution < -0.4 is 4.74 Å². The summed E-state index contributed by atoms with van der Waals surface area (Å²) in [7, 11) is 1.73. The minimum absolute atomic E-state index is 0.157.